The first-order chi connectivity index (χ1) is 11.2. The Morgan fingerprint density at radius 1 is 1.04 bits per heavy atom. The van der Waals surface area contributed by atoms with E-state index >= 15 is 0 Å². The van der Waals surface area contributed by atoms with Gasteiger partial charge in [0.1, 0.15) is 6.04 Å². The average molecular weight is 314 g/mol. The molecule has 5 nitrogen and oxygen atoms in total. The molecule has 0 heterocycles. The van der Waals surface area contributed by atoms with Gasteiger partial charge in [0.05, 0.1) is 19.8 Å². The molecule has 1 amide bonds. The lowest BCUT2D eigenvalue weighted by Gasteiger charge is -2.11. The maximum Gasteiger partial charge on any atom is 0.243 e. The van der Waals surface area contributed by atoms with Crippen LogP contribution in [-0.4, -0.2) is 25.7 Å². The van der Waals surface area contributed by atoms with Crippen molar-refractivity contribution in [2.75, 3.05) is 19.0 Å². The largest absolute Gasteiger partial charge is 0.383 e. The number of nitrogens with one attached hydrogen (secondary N) is 1. The predicted molar refractivity (Wildman–Crippen MR) is 89.9 cm³/mol. The van der Waals surface area contributed by atoms with Crippen LogP contribution in [0, 0.1) is 0 Å². The van der Waals surface area contributed by atoms with E-state index in [0.29, 0.717) is 18.9 Å². The van der Waals surface area contributed by atoms with Crippen LogP contribution in [0.2, 0.25) is 0 Å². The van der Waals surface area contributed by atoms with E-state index in [4.69, 9.17) is 15.2 Å². The zero-order chi connectivity index (χ0) is 16.5. The normalized spacial score (nSPS) is 11.9. The zero-order valence-electron chi connectivity index (χ0n) is 13.2. The molecule has 0 aromatic heterocycles. The molecule has 0 fully saturated rings. The second kappa shape index (κ2) is 9.05. The highest BCUT2D eigenvalue weighted by Crippen LogP contribution is 2.12. The Kier molecular flexibility index (Phi) is 6.75. The Hall–Kier alpha value is -2.21. The van der Waals surface area contributed by atoms with Crippen LogP contribution in [0.15, 0.2) is 54.6 Å². The highest BCUT2D eigenvalue weighted by molar-refractivity contribution is 5.94. The van der Waals surface area contributed by atoms with Crippen LogP contribution in [-0.2, 0) is 27.5 Å². The maximum absolute atomic E-state index is 11.8. The zero-order valence-corrected chi connectivity index (χ0v) is 13.2. The van der Waals surface area contributed by atoms with Crippen molar-refractivity contribution in [1.29, 1.82) is 0 Å². The Labute approximate surface area is 136 Å². The van der Waals surface area contributed by atoms with E-state index in [2.05, 4.69) is 5.32 Å². The summed E-state index contributed by atoms with van der Waals surface area (Å²) in [5.74, 6) is -0.264. The molecule has 2 rings (SSSR count). The minimum absolute atomic E-state index is 0.192. The van der Waals surface area contributed by atoms with Gasteiger partial charge in [-0.15, -0.1) is 0 Å². The van der Waals surface area contributed by atoms with Crippen LogP contribution >= 0.6 is 0 Å². The molecule has 0 bridgehead atoms. The number of methoxy groups -OCH3 is 1. The molecule has 2 aromatic carbocycles. The molecule has 0 spiro atoms. The quantitative estimate of drug-likeness (QED) is 0.784. The average Bonchev–Trinajstić information content (AvgIpc) is 2.57. The monoisotopic (exact) mass is 314 g/mol. The summed E-state index contributed by atoms with van der Waals surface area (Å²) in [7, 11) is 1.51. The van der Waals surface area contributed by atoms with Crippen molar-refractivity contribution in [1.82, 2.24) is 0 Å². The minimum Gasteiger partial charge on any atom is -0.383 e. The third-order valence-electron chi connectivity index (χ3n) is 3.28. The Morgan fingerprint density at radius 2 is 1.65 bits per heavy atom. The molecule has 0 aliphatic carbocycles. The number of carbonyl (C=O) groups excluding carboxylic acids is 1. The first-order valence-corrected chi connectivity index (χ1v) is 7.45. The van der Waals surface area contributed by atoms with E-state index in [1.807, 2.05) is 54.6 Å². The Balaban J connectivity index is 1.79. The van der Waals surface area contributed by atoms with E-state index in [-0.39, 0.29) is 12.5 Å². The predicted octanol–water partition coefficient (Wildman–Crippen LogP) is 2.32. The van der Waals surface area contributed by atoms with Crippen LogP contribution in [0.3, 0.4) is 0 Å². The van der Waals surface area contributed by atoms with Gasteiger partial charge in [0.25, 0.3) is 0 Å². The first-order valence-electron chi connectivity index (χ1n) is 7.45. The number of benzene rings is 2. The molecular formula is C18H22N2O3. The molecule has 23 heavy (non-hydrogen) atoms. The summed E-state index contributed by atoms with van der Waals surface area (Å²) in [6.07, 6.45) is 0. The molecule has 5 heteroatoms. The third-order valence-corrected chi connectivity index (χ3v) is 3.28. The summed E-state index contributed by atoms with van der Waals surface area (Å²) >= 11 is 0. The second-order valence-corrected chi connectivity index (χ2v) is 5.23. The lowest BCUT2D eigenvalue weighted by molar-refractivity contribution is -0.118. The minimum atomic E-state index is -0.672. The third kappa shape index (κ3) is 5.83. The van der Waals surface area contributed by atoms with Gasteiger partial charge in [-0.1, -0.05) is 42.5 Å². The topological polar surface area (TPSA) is 73.6 Å². The number of anilines is 1. The Bertz CT molecular complexity index is 599. The van der Waals surface area contributed by atoms with E-state index in [1.54, 1.807) is 0 Å². The number of nitrogens with two attached hydrogens (primary N) is 1. The highest BCUT2D eigenvalue weighted by atomic mass is 16.5. The highest BCUT2D eigenvalue weighted by Gasteiger charge is 2.12. The second-order valence-electron chi connectivity index (χ2n) is 5.23. The van der Waals surface area contributed by atoms with E-state index in [1.165, 1.54) is 7.11 Å². The van der Waals surface area contributed by atoms with Crippen molar-refractivity contribution in [2.45, 2.75) is 19.3 Å². The molecule has 3 N–H and O–H groups in total. The van der Waals surface area contributed by atoms with Gasteiger partial charge < -0.3 is 20.5 Å². The number of carbonyl (C=O) groups is 1. The number of hydrogen-bond acceptors (Lipinski definition) is 4. The molecule has 0 aliphatic rings. The molecule has 0 saturated heterocycles. The van der Waals surface area contributed by atoms with Gasteiger partial charge in [0.15, 0.2) is 0 Å². The van der Waals surface area contributed by atoms with Gasteiger partial charge in [0, 0.05) is 12.8 Å². The SMILES string of the molecule is COCC(N)C(=O)Nc1ccc(COCc2ccccc2)cc1. The van der Waals surface area contributed by atoms with Crippen molar-refractivity contribution >= 4 is 11.6 Å². The molecule has 0 radical (unpaired) electrons. The van der Waals surface area contributed by atoms with Crippen molar-refractivity contribution in [3.8, 4) is 0 Å². The van der Waals surface area contributed by atoms with Crippen LogP contribution in [0.1, 0.15) is 11.1 Å². The molecule has 1 atom stereocenters. The molecular weight excluding hydrogens is 292 g/mol. The van der Waals surface area contributed by atoms with Gasteiger partial charge in [-0.25, -0.2) is 0 Å². The van der Waals surface area contributed by atoms with Crippen LogP contribution < -0.4 is 11.1 Å². The lowest BCUT2D eigenvalue weighted by Crippen LogP contribution is -2.39. The van der Waals surface area contributed by atoms with E-state index in [0.717, 1.165) is 11.1 Å². The van der Waals surface area contributed by atoms with Crippen molar-refractivity contribution < 1.29 is 14.3 Å². The first kappa shape index (κ1) is 17.1. The van der Waals surface area contributed by atoms with Gasteiger partial charge in [-0.2, -0.15) is 0 Å². The number of ether oxygens (including phenoxy) is 2. The van der Waals surface area contributed by atoms with Crippen LogP contribution in [0.4, 0.5) is 5.69 Å². The smallest absolute Gasteiger partial charge is 0.243 e. The maximum atomic E-state index is 11.8. The van der Waals surface area contributed by atoms with Crippen LogP contribution in [0.25, 0.3) is 0 Å². The fourth-order valence-electron chi connectivity index (χ4n) is 2.04. The molecule has 0 saturated carbocycles. The summed E-state index contributed by atoms with van der Waals surface area (Å²) in [6.45, 7) is 1.29. The van der Waals surface area contributed by atoms with Gasteiger partial charge in [-0.05, 0) is 23.3 Å². The van der Waals surface area contributed by atoms with E-state index < -0.39 is 6.04 Å². The molecule has 0 aliphatic heterocycles. The van der Waals surface area contributed by atoms with Crippen molar-refractivity contribution in [3.63, 3.8) is 0 Å². The number of rotatable bonds is 8. The van der Waals surface area contributed by atoms with Crippen molar-refractivity contribution in [3.05, 3.63) is 65.7 Å². The lowest BCUT2D eigenvalue weighted by atomic mass is 10.2. The van der Waals surface area contributed by atoms with Gasteiger partial charge in [0.2, 0.25) is 5.91 Å². The number of hydrogen-bond donors (Lipinski definition) is 2. The number of amides is 1. The van der Waals surface area contributed by atoms with E-state index in [9.17, 15) is 4.79 Å². The summed E-state index contributed by atoms with van der Waals surface area (Å²) < 4.78 is 10.5. The van der Waals surface area contributed by atoms with Crippen LogP contribution in [0.5, 0.6) is 0 Å². The standard InChI is InChI=1S/C18H22N2O3/c1-22-13-17(19)18(21)20-16-9-7-15(8-10-16)12-23-11-14-5-3-2-4-6-14/h2-10,17H,11-13,19H2,1H3,(H,20,21). The molecule has 2 aromatic rings. The Morgan fingerprint density at radius 3 is 2.26 bits per heavy atom. The fourth-order valence-corrected chi connectivity index (χ4v) is 2.04. The summed E-state index contributed by atoms with van der Waals surface area (Å²) in [6, 6.07) is 16.9. The van der Waals surface area contributed by atoms with Crippen molar-refractivity contribution in [2.24, 2.45) is 5.73 Å². The molecule has 122 valence electrons. The van der Waals surface area contributed by atoms with Gasteiger partial charge in [-0.3, -0.25) is 4.79 Å². The molecule has 1 unspecified atom stereocenters. The van der Waals surface area contributed by atoms with Gasteiger partial charge >= 0.3 is 0 Å². The summed E-state index contributed by atoms with van der Waals surface area (Å²) in [5, 5.41) is 2.75. The summed E-state index contributed by atoms with van der Waals surface area (Å²) in [5.41, 5.74) is 8.56. The summed E-state index contributed by atoms with van der Waals surface area (Å²) in [4.78, 5) is 11.8. The fraction of sp³-hybridized carbons (Fsp3) is 0.278.